The Hall–Kier alpha value is -1.09. The van der Waals surface area contributed by atoms with Crippen LogP contribution in [0.4, 0.5) is 5.82 Å². The molecule has 2 rings (SSSR count). The quantitative estimate of drug-likeness (QED) is 0.888. The number of piperidine rings is 1. The van der Waals surface area contributed by atoms with Crippen molar-refractivity contribution in [1.82, 2.24) is 4.98 Å². The minimum Gasteiger partial charge on any atom is -0.389 e. The molecule has 1 N–H and O–H groups in total. The Kier molecular flexibility index (Phi) is 4.59. The number of aliphatic hydroxyl groups is 1. The Balaban J connectivity index is 2.19. The van der Waals surface area contributed by atoms with Gasteiger partial charge in [0.2, 0.25) is 0 Å². The maximum absolute atomic E-state index is 9.67. The minimum atomic E-state index is -0.416. The van der Waals surface area contributed by atoms with Gasteiger partial charge in [-0.25, -0.2) is 4.98 Å². The lowest BCUT2D eigenvalue weighted by Gasteiger charge is -2.37. The molecule has 0 spiro atoms. The molecule has 2 unspecified atom stereocenters. The van der Waals surface area contributed by atoms with Gasteiger partial charge in [0.1, 0.15) is 5.82 Å². The molecule has 1 aromatic rings. The Morgan fingerprint density at radius 1 is 1.50 bits per heavy atom. The van der Waals surface area contributed by atoms with Gasteiger partial charge in [-0.2, -0.15) is 0 Å². The fourth-order valence-electron chi connectivity index (χ4n) is 2.79. The lowest BCUT2D eigenvalue weighted by Crippen LogP contribution is -2.40. The molecule has 0 radical (unpaired) electrons. The highest BCUT2D eigenvalue weighted by Crippen LogP contribution is 2.27. The summed E-state index contributed by atoms with van der Waals surface area (Å²) in [5.41, 5.74) is 0.959. The van der Waals surface area contributed by atoms with E-state index in [1.807, 2.05) is 18.3 Å². The zero-order valence-electron chi connectivity index (χ0n) is 11.5. The fourth-order valence-corrected chi connectivity index (χ4v) is 2.79. The number of hydrogen-bond donors (Lipinski definition) is 1. The maximum atomic E-state index is 9.67. The van der Waals surface area contributed by atoms with Gasteiger partial charge < -0.3 is 10.0 Å². The summed E-state index contributed by atoms with van der Waals surface area (Å²) in [7, 11) is 0. The number of nitrogens with zero attached hydrogens (tertiary/aromatic N) is 2. The number of hydrogen-bond acceptors (Lipinski definition) is 3. The first-order valence-electron chi connectivity index (χ1n) is 7.13. The van der Waals surface area contributed by atoms with Crippen LogP contribution >= 0.6 is 0 Å². The highest BCUT2D eigenvalue weighted by Gasteiger charge is 2.23. The lowest BCUT2D eigenvalue weighted by molar-refractivity contribution is 0.199. The predicted octanol–water partition coefficient (Wildman–Crippen LogP) is 3.29. The Labute approximate surface area is 110 Å². The van der Waals surface area contributed by atoms with Gasteiger partial charge in [-0.3, -0.25) is 0 Å². The van der Waals surface area contributed by atoms with Crippen molar-refractivity contribution in [2.45, 2.75) is 58.1 Å². The van der Waals surface area contributed by atoms with E-state index in [0.29, 0.717) is 6.04 Å². The van der Waals surface area contributed by atoms with Gasteiger partial charge in [-0.05, 0) is 50.3 Å². The van der Waals surface area contributed by atoms with Gasteiger partial charge in [0.25, 0.3) is 0 Å². The van der Waals surface area contributed by atoms with Crippen LogP contribution < -0.4 is 4.90 Å². The molecule has 1 aliphatic heterocycles. The number of aliphatic hydroxyl groups excluding tert-OH is 1. The van der Waals surface area contributed by atoms with Gasteiger partial charge in [0.05, 0.1) is 6.10 Å². The first kappa shape index (κ1) is 13.3. The van der Waals surface area contributed by atoms with Crippen LogP contribution in [0.1, 0.15) is 57.6 Å². The standard InChI is InChI=1S/C15H24N2O/c1-3-6-14-7-4-5-10-17(14)15-11-13(12(2)18)8-9-16-15/h8-9,11-12,14,18H,3-7,10H2,1-2H3. The summed E-state index contributed by atoms with van der Waals surface area (Å²) in [5, 5.41) is 9.67. The molecule has 1 aliphatic rings. The van der Waals surface area contributed by atoms with Crippen molar-refractivity contribution < 1.29 is 5.11 Å². The van der Waals surface area contributed by atoms with Crippen LogP contribution in [0.3, 0.4) is 0 Å². The van der Waals surface area contributed by atoms with E-state index in [4.69, 9.17) is 0 Å². The van der Waals surface area contributed by atoms with Crippen molar-refractivity contribution in [2.24, 2.45) is 0 Å². The lowest BCUT2D eigenvalue weighted by atomic mass is 9.98. The van der Waals surface area contributed by atoms with Gasteiger partial charge in [-0.15, -0.1) is 0 Å². The van der Waals surface area contributed by atoms with Crippen LogP contribution in [0.2, 0.25) is 0 Å². The molecule has 1 saturated heterocycles. The summed E-state index contributed by atoms with van der Waals surface area (Å²) in [4.78, 5) is 6.92. The van der Waals surface area contributed by atoms with Crippen molar-refractivity contribution >= 4 is 5.82 Å². The predicted molar refractivity (Wildman–Crippen MR) is 74.8 cm³/mol. The monoisotopic (exact) mass is 248 g/mol. The zero-order valence-corrected chi connectivity index (χ0v) is 11.5. The molecule has 100 valence electrons. The highest BCUT2D eigenvalue weighted by molar-refractivity contribution is 5.43. The van der Waals surface area contributed by atoms with E-state index in [-0.39, 0.29) is 0 Å². The normalized spacial score (nSPS) is 21.9. The zero-order chi connectivity index (χ0) is 13.0. The van der Waals surface area contributed by atoms with Crippen LogP contribution in [-0.2, 0) is 0 Å². The molecule has 0 saturated carbocycles. The van der Waals surface area contributed by atoms with Crippen LogP contribution in [0.15, 0.2) is 18.3 Å². The van der Waals surface area contributed by atoms with E-state index in [2.05, 4.69) is 16.8 Å². The van der Waals surface area contributed by atoms with Crippen LogP contribution in [0.25, 0.3) is 0 Å². The van der Waals surface area contributed by atoms with Crippen LogP contribution in [0, 0.1) is 0 Å². The first-order valence-corrected chi connectivity index (χ1v) is 7.13. The average Bonchev–Trinajstić information content (AvgIpc) is 2.40. The molecule has 0 aliphatic carbocycles. The minimum absolute atomic E-state index is 0.416. The molecule has 2 heterocycles. The third kappa shape index (κ3) is 3.02. The van der Waals surface area contributed by atoms with E-state index in [1.165, 1.54) is 32.1 Å². The maximum Gasteiger partial charge on any atom is 0.129 e. The van der Waals surface area contributed by atoms with E-state index in [9.17, 15) is 5.11 Å². The summed E-state index contributed by atoms with van der Waals surface area (Å²) in [6.07, 6.45) is 7.71. The first-order chi connectivity index (χ1) is 8.72. The second kappa shape index (κ2) is 6.19. The van der Waals surface area contributed by atoms with Crippen molar-refractivity contribution in [3.63, 3.8) is 0 Å². The summed E-state index contributed by atoms with van der Waals surface area (Å²) < 4.78 is 0. The average molecular weight is 248 g/mol. The van der Waals surface area contributed by atoms with Gasteiger partial charge in [0.15, 0.2) is 0 Å². The molecular formula is C15H24N2O. The Morgan fingerprint density at radius 3 is 3.06 bits per heavy atom. The van der Waals surface area contributed by atoms with Gasteiger partial charge in [-0.1, -0.05) is 13.3 Å². The van der Waals surface area contributed by atoms with Crippen molar-refractivity contribution in [1.29, 1.82) is 0 Å². The molecule has 0 amide bonds. The van der Waals surface area contributed by atoms with Crippen LogP contribution in [-0.4, -0.2) is 22.7 Å². The summed E-state index contributed by atoms with van der Waals surface area (Å²) in [6.45, 7) is 5.15. The Bertz CT molecular complexity index is 377. The van der Waals surface area contributed by atoms with Crippen LogP contribution in [0.5, 0.6) is 0 Å². The third-order valence-corrected chi connectivity index (χ3v) is 3.80. The third-order valence-electron chi connectivity index (χ3n) is 3.80. The summed E-state index contributed by atoms with van der Waals surface area (Å²) >= 11 is 0. The summed E-state index contributed by atoms with van der Waals surface area (Å²) in [6, 6.07) is 4.56. The summed E-state index contributed by atoms with van der Waals surface area (Å²) in [5.74, 6) is 1.03. The number of rotatable bonds is 4. The van der Waals surface area contributed by atoms with E-state index in [1.54, 1.807) is 6.92 Å². The van der Waals surface area contributed by atoms with Gasteiger partial charge in [0, 0.05) is 18.8 Å². The van der Waals surface area contributed by atoms with Crippen molar-refractivity contribution in [3.05, 3.63) is 23.9 Å². The molecule has 3 nitrogen and oxygen atoms in total. The van der Waals surface area contributed by atoms with Crippen molar-refractivity contribution in [2.75, 3.05) is 11.4 Å². The highest BCUT2D eigenvalue weighted by atomic mass is 16.3. The molecule has 3 heteroatoms. The second-order valence-electron chi connectivity index (χ2n) is 5.26. The second-order valence-corrected chi connectivity index (χ2v) is 5.26. The Morgan fingerprint density at radius 2 is 2.33 bits per heavy atom. The molecular weight excluding hydrogens is 224 g/mol. The smallest absolute Gasteiger partial charge is 0.129 e. The molecule has 0 bridgehead atoms. The van der Waals surface area contributed by atoms with Gasteiger partial charge >= 0.3 is 0 Å². The largest absolute Gasteiger partial charge is 0.389 e. The number of pyridine rings is 1. The number of anilines is 1. The molecule has 0 aromatic carbocycles. The van der Waals surface area contributed by atoms with E-state index < -0.39 is 6.10 Å². The number of aromatic nitrogens is 1. The molecule has 2 atom stereocenters. The topological polar surface area (TPSA) is 36.4 Å². The van der Waals surface area contributed by atoms with Crippen molar-refractivity contribution in [3.8, 4) is 0 Å². The molecule has 18 heavy (non-hydrogen) atoms. The van der Waals surface area contributed by atoms with E-state index in [0.717, 1.165) is 17.9 Å². The molecule has 1 fully saturated rings. The fraction of sp³-hybridized carbons (Fsp3) is 0.667. The SMILES string of the molecule is CCCC1CCCCN1c1cc(C(C)O)ccn1. The van der Waals surface area contributed by atoms with E-state index >= 15 is 0 Å². The molecule has 1 aromatic heterocycles.